The Morgan fingerprint density at radius 1 is 1.00 bits per heavy atom. The van der Waals surface area contributed by atoms with Crippen LogP contribution in [0.3, 0.4) is 0 Å². The first kappa shape index (κ1) is 57.2. The molecule has 0 spiro atoms. The highest BCUT2D eigenvalue weighted by Crippen LogP contribution is 2.66. The standard InChI is InChI=1S/C43H59N10O19P3S/c1-4-51-15-9-11-24-17-27-31(19-29(24)51)69-32-20-30-26(18-28(32)47-27)25(23-76(65,66)67)21-43(2,3)52(30)16-10-12-34(54)45-13-7-5-6-8-14-46-42-48-35-38(49-41(44)50-39(35)57)53(42)40-37(56)36(55)33(70-40)22-68-74(61,62)72-75(63,64)71-73(58,59)60/h17-21,33,36-37,40,47,55-56H,4-16,22-23H2,1-3H3,(H8,44,45,50,54,57,58,59,60,61,62,63,64,65,66,67)/t33-,36-,37-,40-/m1/s1. The van der Waals surface area contributed by atoms with Crippen LogP contribution in [0.4, 0.5) is 23.3 Å². The van der Waals surface area contributed by atoms with Crippen molar-refractivity contribution in [2.24, 2.45) is 4.99 Å². The summed E-state index contributed by atoms with van der Waals surface area (Å²) in [5.74, 6) is -0.171. The van der Waals surface area contributed by atoms with Gasteiger partial charge < -0.3 is 65.1 Å². The number of H-pyrrole nitrogens is 1. The van der Waals surface area contributed by atoms with Crippen molar-refractivity contribution in [1.29, 1.82) is 0 Å². The SMILES string of the molecule is CC[N+]1=c2cc3c(cc2CCC1)=Nc1cc2c(cc1O3)N(CCCC(=O)NCCCCCCNc1nc3c(=O)[nH]c(N)nc3n1[C@@H]1O[C@H](COP(=O)(O)OP(=O)(O)OP(=O)(O)O)[C@@H](O)[C@H]1O)C(C)(C)C=C2CS(=O)(=O)[O-]. The molecule has 8 rings (SSSR count). The molecular formula is C43H59N10O19P3S. The van der Waals surface area contributed by atoms with Crippen LogP contribution in [0.1, 0.15) is 83.1 Å². The number of phosphoric acid groups is 3. The first-order chi connectivity index (χ1) is 35.6. The molecule has 2 unspecified atom stereocenters. The maximum absolute atomic E-state index is 13.1. The van der Waals surface area contributed by atoms with Crippen molar-refractivity contribution in [3.8, 4) is 11.5 Å². The van der Waals surface area contributed by atoms with E-state index in [-0.39, 0.29) is 41.9 Å². The van der Waals surface area contributed by atoms with Gasteiger partial charge in [0, 0.05) is 55.4 Å². The Morgan fingerprint density at radius 2 is 1.74 bits per heavy atom. The molecule has 4 aromatic rings. The molecule has 0 radical (unpaired) electrons. The van der Waals surface area contributed by atoms with Crippen LogP contribution in [-0.4, -0.2) is 137 Å². The highest BCUT2D eigenvalue weighted by molar-refractivity contribution is 7.86. The number of aliphatic hydroxyl groups is 2. The summed E-state index contributed by atoms with van der Waals surface area (Å²) in [7, 11) is -21.8. The smallest absolute Gasteiger partial charge is 0.490 e. The lowest BCUT2D eigenvalue weighted by atomic mass is 9.88. The van der Waals surface area contributed by atoms with Gasteiger partial charge in [0.05, 0.1) is 34.1 Å². The number of phosphoric ester groups is 1. The second-order valence-corrected chi connectivity index (χ2v) is 24.8. The Morgan fingerprint density at radius 3 is 2.45 bits per heavy atom. The van der Waals surface area contributed by atoms with E-state index >= 15 is 0 Å². The summed E-state index contributed by atoms with van der Waals surface area (Å²) >= 11 is 0. The van der Waals surface area contributed by atoms with E-state index in [1.807, 2.05) is 32.0 Å². The number of ether oxygens (including phenoxy) is 2. The fraction of sp³-hybridized carbons (Fsp3) is 0.535. The summed E-state index contributed by atoms with van der Waals surface area (Å²) in [4.78, 5) is 80.4. The van der Waals surface area contributed by atoms with Crippen LogP contribution >= 0.6 is 23.5 Å². The highest BCUT2D eigenvalue weighted by Gasteiger charge is 2.48. The van der Waals surface area contributed by atoms with Gasteiger partial charge in [-0.05, 0) is 64.2 Å². The zero-order valence-electron chi connectivity index (χ0n) is 41.3. The minimum Gasteiger partial charge on any atom is -0.748 e. The van der Waals surface area contributed by atoms with Gasteiger partial charge in [0.15, 0.2) is 28.9 Å². The van der Waals surface area contributed by atoms with Crippen molar-refractivity contribution in [3.63, 3.8) is 0 Å². The van der Waals surface area contributed by atoms with E-state index in [2.05, 4.69) is 55.1 Å². The van der Waals surface area contributed by atoms with Crippen molar-refractivity contribution < 1.29 is 83.9 Å². The zero-order valence-corrected chi connectivity index (χ0v) is 44.8. The summed E-state index contributed by atoms with van der Waals surface area (Å²) in [5, 5.41) is 29.6. The summed E-state index contributed by atoms with van der Waals surface area (Å²) in [6.45, 7) is 7.69. The number of aryl methyl sites for hydroxylation is 1. The number of hydrogen-bond donors (Lipinski definition) is 10. The fourth-order valence-corrected chi connectivity index (χ4v) is 13.3. The van der Waals surface area contributed by atoms with Crippen LogP contribution in [0.5, 0.6) is 11.5 Å². The Hall–Kier alpha value is -5.00. The van der Waals surface area contributed by atoms with Crippen molar-refractivity contribution in [3.05, 3.63) is 62.5 Å². The molecule has 2 aromatic carbocycles. The molecule has 1 amide bonds. The predicted molar refractivity (Wildman–Crippen MR) is 270 cm³/mol. The largest absolute Gasteiger partial charge is 0.748 e. The molecule has 0 aliphatic carbocycles. The number of carbonyl (C=O) groups excluding carboxylic acids is 1. The van der Waals surface area contributed by atoms with Crippen LogP contribution in [0.25, 0.3) is 16.7 Å². The minimum atomic E-state index is -5.85. The number of aromatic amines is 1. The molecule has 11 N–H and O–H groups in total. The molecular weight excluding hydrogens is 1090 g/mol. The zero-order chi connectivity index (χ0) is 55.1. The van der Waals surface area contributed by atoms with Crippen molar-refractivity contribution in [1.82, 2.24) is 29.4 Å². The minimum absolute atomic E-state index is 0.0607. The summed E-state index contributed by atoms with van der Waals surface area (Å²) in [6.07, 6.45) is -0.0722. The lowest BCUT2D eigenvalue weighted by Gasteiger charge is -2.44. The second kappa shape index (κ2) is 22.4. The second-order valence-electron chi connectivity index (χ2n) is 19.0. The van der Waals surface area contributed by atoms with Crippen LogP contribution in [0.15, 0.2) is 40.1 Å². The first-order valence-corrected chi connectivity index (χ1v) is 30.2. The van der Waals surface area contributed by atoms with Gasteiger partial charge in [-0.15, -0.1) is 0 Å². The molecule has 76 heavy (non-hydrogen) atoms. The van der Waals surface area contributed by atoms with E-state index < -0.39 is 81.6 Å². The first-order valence-electron chi connectivity index (χ1n) is 24.1. The van der Waals surface area contributed by atoms with Crippen LogP contribution < -0.4 is 46.9 Å². The number of amides is 1. The molecule has 1 fully saturated rings. The Kier molecular flexibility index (Phi) is 16.8. The van der Waals surface area contributed by atoms with Gasteiger partial charge in [0.25, 0.3) is 5.56 Å². The number of fused-ring (bicyclic) bond motifs is 5. The number of nitrogens with zero attached hydrogens (tertiary/aromatic N) is 6. The highest BCUT2D eigenvalue weighted by atomic mass is 32.2. The van der Waals surface area contributed by atoms with Gasteiger partial charge in [0.1, 0.15) is 42.4 Å². The molecule has 1 saturated heterocycles. The van der Waals surface area contributed by atoms with Crippen molar-refractivity contribution in [2.75, 3.05) is 61.0 Å². The molecule has 6 atom stereocenters. The topological polar surface area (TPSA) is 425 Å². The number of unbranched alkanes of at least 4 members (excludes halogenated alkanes) is 3. The lowest BCUT2D eigenvalue weighted by molar-refractivity contribution is -0.121. The van der Waals surface area contributed by atoms with E-state index in [0.717, 1.165) is 35.9 Å². The molecule has 0 bridgehead atoms. The van der Waals surface area contributed by atoms with E-state index in [9.17, 15) is 56.3 Å². The number of anilines is 3. The molecule has 4 aliphatic rings. The van der Waals surface area contributed by atoms with E-state index in [4.69, 9.17) is 30.0 Å². The average Bonchev–Trinajstić information content (AvgIpc) is 3.81. The number of nitrogen functional groups attached to an aromatic ring is 1. The molecule has 0 saturated carbocycles. The Bertz CT molecular complexity index is 3410. The van der Waals surface area contributed by atoms with Crippen LogP contribution in [0, 0.1) is 0 Å². The molecule has 33 heteroatoms. The maximum atomic E-state index is 13.1. The van der Waals surface area contributed by atoms with Gasteiger partial charge in [-0.1, -0.05) is 18.9 Å². The average molecular weight is 1140 g/mol. The molecule has 2 aromatic heterocycles. The molecule has 6 heterocycles. The van der Waals surface area contributed by atoms with E-state index in [0.29, 0.717) is 84.6 Å². The van der Waals surface area contributed by atoms with Gasteiger partial charge >= 0.3 is 23.5 Å². The molecule has 4 aliphatic heterocycles. The number of benzene rings is 2. The van der Waals surface area contributed by atoms with Gasteiger partial charge in [-0.3, -0.25) is 23.7 Å². The summed E-state index contributed by atoms with van der Waals surface area (Å²) < 4.78 is 99.0. The van der Waals surface area contributed by atoms with Crippen LogP contribution in [-0.2, 0) is 52.9 Å². The summed E-state index contributed by atoms with van der Waals surface area (Å²) in [5.41, 5.74) is 7.11. The van der Waals surface area contributed by atoms with Crippen molar-refractivity contribution in [2.45, 2.75) is 102 Å². The number of nitrogens with one attached hydrogen (secondary N) is 3. The number of hydrogen-bond acceptors (Lipinski definition) is 21. The normalized spacial score (nSPS) is 21.5. The van der Waals surface area contributed by atoms with Gasteiger partial charge in [-0.2, -0.15) is 13.6 Å². The lowest BCUT2D eigenvalue weighted by Crippen LogP contribution is -2.46. The summed E-state index contributed by atoms with van der Waals surface area (Å²) in [6, 6.07) is 7.66. The number of nitrogens with two attached hydrogens (primary N) is 1. The number of aliphatic hydroxyl groups excluding tert-OH is 2. The Labute approximate surface area is 433 Å². The number of rotatable bonds is 23. The Balaban J connectivity index is 0.834. The third-order valence-corrected chi connectivity index (χ3v) is 17.4. The van der Waals surface area contributed by atoms with Gasteiger partial charge in [0.2, 0.25) is 23.2 Å². The molecule has 29 nitrogen and oxygen atoms in total. The number of carbonyl (C=O) groups is 1. The molecule has 416 valence electrons. The third-order valence-electron chi connectivity index (χ3n) is 13.0. The number of imidazole rings is 1. The number of aromatic nitrogens is 4. The van der Waals surface area contributed by atoms with E-state index in [1.165, 1.54) is 5.56 Å². The predicted octanol–water partition coefficient (Wildman–Crippen LogP) is 1.27. The van der Waals surface area contributed by atoms with Crippen LogP contribution in [0.2, 0.25) is 0 Å². The van der Waals surface area contributed by atoms with E-state index in [1.54, 1.807) is 12.1 Å². The van der Waals surface area contributed by atoms with Crippen molar-refractivity contribution >= 4 is 79.5 Å². The third kappa shape index (κ3) is 13.5. The fourth-order valence-electron chi connectivity index (χ4n) is 9.68. The quantitative estimate of drug-likeness (QED) is 0.0190. The maximum Gasteiger partial charge on any atom is 0.490 e. The van der Waals surface area contributed by atoms with Gasteiger partial charge in [-0.25, -0.2) is 36.7 Å². The monoisotopic (exact) mass is 1140 g/mol.